The van der Waals surface area contributed by atoms with Gasteiger partial charge in [0, 0.05) is 19.3 Å². The number of hydrogen-bond donors (Lipinski definition) is 0. The number of unbranched alkanes of at least 4 members (excludes halogenated alkanes) is 47. The molecule has 0 N–H and O–H groups in total. The third-order valence-corrected chi connectivity index (χ3v) is 16.9. The van der Waals surface area contributed by atoms with Crippen LogP contribution in [0.15, 0.2) is 0 Å². The molecule has 0 bridgehead atoms. The van der Waals surface area contributed by atoms with Crippen molar-refractivity contribution in [2.45, 2.75) is 407 Å². The van der Waals surface area contributed by atoms with Crippen molar-refractivity contribution in [1.29, 1.82) is 0 Å². The molecule has 0 rings (SSSR count). The molecule has 0 aromatic rings. The van der Waals surface area contributed by atoms with Gasteiger partial charge in [0.05, 0.1) is 0 Å². The van der Waals surface area contributed by atoms with Crippen LogP contribution in [-0.4, -0.2) is 37.2 Å². The highest BCUT2D eigenvalue weighted by Crippen LogP contribution is 2.20. The van der Waals surface area contributed by atoms with Gasteiger partial charge in [-0.1, -0.05) is 362 Å². The van der Waals surface area contributed by atoms with Crippen molar-refractivity contribution < 1.29 is 28.6 Å². The van der Waals surface area contributed by atoms with Gasteiger partial charge in [0.25, 0.3) is 0 Å². The van der Waals surface area contributed by atoms with E-state index in [1.54, 1.807) is 0 Å². The Morgan fingerprint density at radius 2 is 0.461 bits per heavy atom. The number of carbonyl (C=O) groups excluding carboxylic acids is 3. The lowest BCUT2D eigenvalue weighted by Crippen LogP contribution is -2.30. The van der Waals surface area contributed by atoms with E-state index >= 15 is 0 Å². The molecule has 0 aliphatic heterocycles. The molecule has 0 saturated heterocycles. The number of ether oxygens (including phenoxy) is 3. The van der Waals surface area contributed by atoms with Crippen LogP contribution in [-0.2, 0) is 28.6 Å². The highest BCUT2D eigenvalue weighted by molar-refractivity contribution is 5.71. The predicted octanol–water partition coefficient (Wildman–Crippen LogP) is 23.6. The van der Waals surface area contributed by atoms with Crippen molar-refractivity contribution in [3.63, 3.8) is 0 Å². The Hall–Kier alpha value is -1.59. The molecular weight excluding hydrogens is 937 g/mol. The van der Waals surface area contributed by atoms with Gasteiger partial charge in [0.2, 0.25) is 0 Å². The first-order valence-corrected chi connectivity index (χ1v) is 34.8. The lowest BCUT2D eigenvalue weighted by molar-refractivity contribution is -0.167. The Balaban J connectivity index is 4.27. The molecule has 0 radical (unpaired) electrons. The van der Waals surface area contributed by atoms with E-state index in [0.29, 0.717) is 19.3 Å². The van der Waals surface area contributed by atoms with Gasteiger partial charge < -0.3 is 14.2 Å². The van der Waals surface area contributed by atoms with Crippen LogP contribution >= 0.6 is 0 Å². The summed E-state index contributed by atoms with van der Waals surface area (Å²) in [5, 5.41) is 0. The molecule has 0 spiro atoms. The second-order valence-electron chi connectivity index (χ2n) is 24.7. The van der Waals surface area contributed by atoms with E-state index in [-0.39, 0.29) is 31.1 Å². The maximum absolute atomic E-state index is 12.9. The van der Waals surface area contributed by atoms with E-state index in [4.69, 9.17) is 14.2 Å². The Kier molecular flexibility index (Phi) is 61.3. The summed E-state index contributed by atoms with van der Waals surface area (Å²) in [6.45, 7) is 11.5. The fourth-order valence-corrected chi connectivity index (χ4v) is 10.9. The Labute approximate surface area is 476 Å². The summed E-state index contributed by atoms with van der Waals surface area (Å²) in [5.41, 5.74) is 0. The molecule has 2 unspecified atom stereocenters. The molecule has 0 fully saturated rings. The van der Waals surface area contributed by atoms with Crippen molar-refractivity contribution >= 4 is 17.9 Å². The van der Waals surface area contributed by atoms with Crippen molar-refractivity contribution in [2.24, 2.45) is 11.8 Å². The minimum absolute atomic E-state index is 0.0613. The van der Waals surface area contributed by atoms with Crippen molar-refractivity contribution in [3.05, 3.63) is 0 Å². The quantitative estimate of drug-likeness (QED) is 0.0343. The Bertz CT molecular complexity index is 1170. The summed E-state index contributed by atoms with van der Waals surface area (Å²) in [6.07, 6.45) is 71.0. The maximum Gasteiger partial charge on any atom is 0.306 e. The standard InChI is InChI=1S/C70H136O6/c1-6-9-10-11-12-13-14-15-16-17-21-24-30-35-40-45-50-55-60-68(71)74-63-67(76-70(73)62-57-52-47-42-37-32-27-26-29-34-39-44-49-54-59-66(5)8-3)64-75-69(72)61-56-51-46-41-36-31-25-22-19-18-20-23-28-33-38-43-48-53-58-65(4)7-2/h65-67H,6-64H2,1-5H3/t65?,66?,67-/m1/s1. The first kappa shape index (κ1) is 74.4. The zero-order valence-electron chi connectivity index (χ0n) is 52.4. The second-order valence-corrected chi connectivity index (χ2v) is 24.7. The summed E-state index contributed by atoms with van der Waals surface area (Å²) in [7, 11) is 0. The normalized spacial score (nSPS) is 12.8. The molecular formula is C70H136O6. The largest absolute Gasteiger partial charge is 0.462 e. The Morgan fingerprint density at radius 1 is 0.263 bits per heavy atom. The first-order valence-electron chi connectivity index (χ1n) is 34.8. The molecule has 0 heterocycles. The molecule has 452 valence electrons. The van der Waals surface area contributed by atoms with Crippen LogP contribution < -0.4 is 0 Å². The zero-order valence-corrected chi connectivity index (χ0v) is 52.4. The molecule has 0 saturated carbocycles. The summed E-state index contributed by atoms with van der Waals surface area (Å²) >= 11 is 0. The van der Waals surface area contributed by atoms with Crippen LogP contribution in [0.5, 0.6) is 0 Å². The number of rotatable bonds is 64. The third-order valence-electron chi connectivity index (χ3n) is 16.9. The van der Waals surface area contributed by atoms with E-state index in [2.05, 4.69) is 34.6 Å². The zero-order chi connectivity index (χ0) is 55.3. The van der Waals surface area contributed by atoms with Gasteiger partial charge in [0.15, 0.2) is 6.10 Å². The second kappa shape index (κ2) is 62.6. The number of carbonyl (C=O) groups is 3. The predicted molar refractivity (Wildman–Crippen MR) is 330 cm³/mol. The topological polar surface area (TPSA) is 78.9 Å². The van der Waals surface area contributed by atoms with Crippen LogP contribution in [0, 0.1) is 11.8 Å². The number of esters is 3. The highest BCUT2D eigenvalue weighted by atomic mass is 16.6. The van der Waals surface area contributed by atoms with E-state index in [1.807, 2.05) is 0 Å². The number of hydrogen-bond acceptors (Lipinski definition) is 6. The minimum atomic E-state index is -0.765. The Morgan fingerprint density at radius 3 is 0.684 bits per heavy atom. The van der Waals surface area contributed by atoms with Gasteiger partial charge in [-0.05, 0) is 31.1 Å². The molecule has 0 aromatic carbocycles. The SMILES string of the molecule is CCCCCCCCCCCCCCCCCCCCC(=O)OC[C@H](COC(=O)CCCCCCCCCCCCCCCCCCCCC(C)CC)OC(=O)CCCCCCCCCCCCCCCCC(C)CC. The lowest BCUT2D eigenvalue weighted by atomic mass is 9.99. The summed E-state index contributed by atoms with van der Waals surface area (Å²) in [6, 6.07) is 0. The van der Waals surface area contributed by atoms with E-state index in [9.17, 15) is 14.4 Å². The van der Waals surface area contributed by atoms with Crippen LogP contribution in [0.4, 0.5) is 0 Å². The van der Waals surface area contributed by atoms with Gasteiger partial charge >= 0.3 is 17.9 Å². The molecule has 6 nitrogen and oxygen atoms in total. The van der Waals surface area contributed by atoms with Crippen molar-refractivity contribution in [3.8, 4) is 0 Å². The third kappa shape index (κ3) is 60.1. The average Bonchev–Trinajstić information content (AvgIpc) is 3.42. The van der Waals surface area contributed by atoms with Crippen molar-refractivity contribution in [2.75, 3.05) is 13.2 Å². The summed E-state index contributed by atoms with van der Waals surface area (Å²) in [4.78, 5) is 38.4. The lowest BCUT2D eigenvalue weighted by Gasteiger charge is -2.18. The molecule has 0 aliphatic rings. The van der Waals surface area contributed by atoms with E-state index in [0.717, 1.165) is 69.6 Å². The fraction of sp³-hybridized carbons (Fsp3) is 0.957. The molecule has 0 aromatic heterocycles. The van der Waals surface area contributed by atoms with Gasteiger partial charge in [-0.15, -0.1) is 0 Å². The smallest absolute Gasteiger partial charge is 0.306 e. The fourth-order valence-electron chi connectivity index (χ4n) is 10.9. The minimum Gasteiger partial charge on any atom is -0.462 e. The van der Waals surface area contributed by atoms with E-state index in [1.165, 1.54) is 289 Å². The molecule has 6 heteroatoms. The van der Waals surface area contributed by atoms with Crippen LogP contribution in [0.2, 0.25) is 0 Å². The van der Waals surface area contributed by atoms with Gasteiger partial charge in [-0.25, -0.2) is 0 Å². The van der Waals surface area contributed by atoms with Crippen LogP contribution in [0.1, 0.15) is 401 Å². The monoisotopic (exact) mass is 1070 g/mol. The molecule has 3 atom stereocenters. The van der Waals surface area contributed by atoms with Gasteiger partial charge in [-0.3, -0.25) is 14.4 Å². The molecule has 0 amide bonds. The van der Waals surface area contributed by atoms with Crippen LogP contribution in [0.3, 0.4) is 0 Å². The summed E-state index contributed by atoms with van der Waals surface area (Å²) < 4.78 is 17.0. The highest BCUT2D eigenvalue weighted by Gasteiger charge is 2.20. The van der Waals surface area contributed by atoms with Crippen LogP contribution in [0.25, 0.3) is 0 Å². The molecule has 0 aliphatic carbocycles. The molecule has 76 heavy (non-hydrogen) atoms. The van der Waals surface area contributed by atoms with E-state index < -0.39 is 6.10 Å². The summed E-state index contributed by atoms with van der Waals surface area (Å²) in [5.74, 6) is 0.979. The van der Waals surface area contributed by atoms with Gasteiger partial charge in [0.1, 0.15) is 13.2 Å². The first-order chi connectivity index (χ1) is 37.3. The van der Waals surface area contributed by atoms with Gasteiger partial charge in [-0.2, -0.15) is 0 Å². The van der Waals surface area contributed by atoms with Crippen molar-refractivity contribution in [1.82, 2.24) is 0 Å². The maximum atomic E-state index is 12.9. The average molecular weight is 1070 g/mol.